The summed E-state index contributed by atoms with van der Waals surface area (Å²) in [4.78, 5) is 25.8. The van der Waals surface area contributed by atoms with Crippen LogP contribution in [0.2, 0.25) is 0 Å². The number of carbonyl (C=O) groups excluding carboxylic acids is 2. The van der Waals surface area contributed by atoms with Gasteiger partial charge in [-0.3, -0.25) is 9.59 Å². The van der Waals surface area contributed by atoms with Crippen LogP contribution in [0.25, 0.3) is 11.1 Å². The van der Waals surface area contributed by atoms with Gasteiger partial charge in [0.15, 0.2) is 11.5 Å². The summed E-state index contributed by atoms with van der Waals surface area (Å²) < 4.78 is 32.4. The maximum absolute atomic E-state index is 13.0. The van der Waals surface area contributed by atoms with Crippen molar-refractivity contribution in [2.24, 2.45) is 0 Å². The van der Waals surface area contributed by atoms with Gasteiger partial charge in [-0.25, -0.2) is 0 Å². The van der Waals surface area contributed by atoms with E-state index in [2.05, 4.69) is 0 Å². The summed E-state index contributed by atoms with van der Waals surface area (Å²) in [7, 11) is 5.70. The minimum atomic E-state index is -0.433. The Bertz CT molecular complexity index is 1110. The van der Waals surface area contributed by atoms with E-state index < -0.39 is 11.6 Å². The third-order valence-corrected chi connectivity index (χ3v) is 5.16. The average molecular weight is 412 g/mol. The number of allylic oxidation sites excluding steroid dienone is 2. The maximum Gasteiger partial charge on any atom is 0.232 e. The summed E-state index contributed by atoms with van der Waals surface area (Å²) >= 11 is 0. The highest BCUT2D eigenvalue weighted by Gasteiger charge is 2.36. The van der Waals surface area contributed by atoms with Crippen molar-refractivity contribution in [2.45, 2.75) is 6.92 Å². The number of benzene rings is 2. The molecule has 1 heterocycles. The first-order chi connectivity index (χ1) is 14.5. The summed E-state index contributed by atoms with van der Waals surface area (Å²) in [6.07, 6.45) is 0. The van der Waals surface area contributed by atoms with E-state index in [4.69, 9.17) is 28.4 Å². The molecule has 0 N–H and O–H groups in total. The van der Waals surface area contributed by atoms with Crippen LogP contribution in [0.1, 0.15) is 26.3 Å². The van der Waals surface area contributed by atoms with Crippen molar-refractivity contribution in [3.05, 3.63) is 46.4 Å². The minimum Gasteiger partial charge on any atom is -0.493 e. The van der Waals surface area contributed by atoms with Crippen molar-refractivity contribution in [3.63, 3.8) is 0 Å². The molecule has 0 spiro atoms. The zero-order valence-corrected chi connectivity index (χ0v) is 17.2. The maximum atomic E-state index is 13.0. The molecule has 1 aliphatic carbocycles. The van der Waals surface area contributed by atoms with Gasteiger partial charge in [-0.2, -0.15) is 0 Å². The zero-order chi connectivity index (χ0) is 21.6. The Kier molecular flexibility index (Phi) is 4.77. The number of fused-ring (bicyclic) bond motifs is 2. The first-order valence-electron chi connectivity index (χ1n) is 9.08. The minimum absolute atomic E-state index is 0.0451. The highest BCUT2D eigenvalue weighted by molar-refractivity contribution is 6.25. The Morgan fingerprint density at radius 2 is 1.30 bits per heavy atom. The first kappa shape index (κ1) is 19.6. The number of aryl methyl sites for hydroxylation is 1. The van der Waals surface area contributed by atoms with Gasteiger partial charge >= 0.3 is 0 Å². The summed E-state index contributed by atoms with van der Waals surface area (Å²) in [6, 6.07) is 5.06. The number of Topliss-reactive ketones (excluding diaryl/α,β-unsaturated/α-hetero) is 2. The van der Waals surface area contributed by atoms with Crippen molar-refractivity contribution in [2.75, 3.05) is 35.2 Å². The van der Waals surface area contributed by atoms with Gasteiger partial charge in [0.25, 0.3) is 0 Å². The second kappa shape index (κ2) is 7.29. The number of methoxy groups -OCH3 is 4. The van der Waals surface area contributed by atoms with Crippen LogP contribution in [0, 0.1) is 6.92 Å². The molecule has 0 amide bonds. The third-order valence-electron chi connectivity index (χ3n) is 5.16. The lowest BCUT2D eigenvalue weighted by atomic mass is 9.86. The molecule has 2 aliphatic rings. The smallest absolute Gasteiger partial charge is 0.232 e. The molecule has 2 aromatic rings. The molecule has 0 radical (unpaired) electrons. The molecular formula is C22H20O8. The van der Waals surface area contributed by atoms with Gasteiger partial charge < -0.3 is 28.4 Å². The van der Waals surface area contributed by atoms with Crippen molar-refractivity contribution in [3.8, 4) is 34.1 Å². The molecule has 156 valence electrons. The molecule has 8 nitrogen and oxygen atoms in total. The van der Waals surface area contributed by atoms with Gasteiger partial charge in [0.05, 0.1) is 28.4 Å². The number of ether oxygens (including phenoxy) is 6. The molecule has 0 fully saturated rings. The molecule has 0 bridgehead atoms. The van der Waals surface area contributed by atoms with E-state index >= 15 is 0 Å². The molecule has 4 rings (SSSR count). The van der Waals surface area contributed by atoms with E-state index in [1.165, 1.54) is 28.4 Å². The topological polar surface area (TPSA) is 89.5 Å². The summed E-state index contributed by atoms with van der Waals surface area (Å²) in [5.41, 5.74) is 2.55. The fourth-order valence-corrected chi connectivity index (χ4v) is 3.76. The fraction of sp³-hybridized carbons (Fsp3) is 0.273. The average Bonchev–Trinajstić information content (AvgIpc) is 3.24. The van der Waals surface area contributed by atoms with Crippen molar-refractivity contribution in [1.29, 1.82) is 0 Å². The van der Waals surface area contributed by atoms with Crippen LogP contribution in [0.3, 0.4) is 0 Å². The van der Waals surface area contributed by atoms with E-state index in [1.807, 2.05) is 6.92 Å². The van der Waals surface area contributed by atoms with Crippen molar-refractivity contribution in [1.82, 2.24) is 0 Å². The monoisotopic (exact) mass is 412 g/mol. The highest BCUT2D eigenvalue weighted by Crippen LogP contribution is 2.53. The molecule has 0 aromatic heterocycles. The number of rotatable bonds is 5. The first-order valence-corrected chi connectivity index (χ1v) is 9.08. The van der Waals surface area contributed by atoms with Crippen LogP contribution in [-0.4, -0.2) is 46.8 Å². The molecule has 0 saturated heterocycles. The molecule has 2 aromatic carbocycles. The normalized spacial score (nSPS) is 14.6. The Balaban J connectivity index is 1.96. The van der Waals surface area contributed by atoms with Crippen molar-refractivity contribution >= 4 is 11.6 Å². The lowest BCUT2D eigenvalue weighted by molar-refractivity contribution is 0.0829. The molecule has 0 saturated carbocycles. The second-order valence-electron chi connectivity index (χ2n) is 6.66. The predicted molar refractivity (Wildman–Crippen MR) is 106 cm³/mol. The Hall–Kier alpha value is -3.68. The zero-order valence-electron chi connectivity index (χ0n) is 17.2. The van der Waals surface area contributed by atoms with E-state index in [0.717, 1.165) is 5.56 Å². The SMILES string of the molecule is COC1=C(OC)C(=O)c2cc(-c3cc(OC)c4c(c3OC)OCO4)c(C)cc2C1=O. The molecule has 30 heavy (non-hydrogen) atoms. The van der Waals surface area contributed by atoms with E-state index in [9.17, 15) is 9.59 Å². The Morgan fingerprint density at radius 1 is 0.700 bits per heavy atom. The van der Waals surface area contributed by atoms with Crippen molar-refractivity contribution < 1.29 is 38.0 Å². The largest absolute Gasteiger partial charge is 0.493 e. The predicted octanol–water partition coefficient (Wildman–Crippen LogP) is 3.29. The molecule has 8 heteroatoms. The summed E-state index contributed by atoms with van der Waals surface area (Å²) in [6.45, 7) is 1.88. The van der Waals surface area contributed by atoms with Crippen LogP contribution < -0.4 is 18.9 Å². The van der Waals surface area contributed by atoms with Crippen LogP contribution in [0.15, 0.2) is 29.7 Å². The van der Waals surface area contributed by atoms with Crippen LogP contribution in [0.5, 0.6) is 23.0 Å². The van der Waals surface area contributed by atoms with Crippen LogP contribution >= 0.6 is 0 Å². The van der Waals surface area contributed by atoms with Gasteiger partial charge in [-0.05, 0) is 36.2 Å². The number of ketones is 2. The van der Waals surface area contributed by atoms with Gasteiger partial charge in [0.1, 0.15) is 0 Å². The number of carbonyl (C=O) groups is 2. The van der Waals surface area contributed by atoms with Crippen LogP contribution in [-0.2, 0) is 9.47 Å². The fourth-order valence-electron chi connectivity index (χ4n) is 3.76. The van der Waals surface area contributed by atoms with Gasteiger partial charge in [-0.1, -0.05) is 0 Å². The Morgan fingerprint density at radius 3 is 1.87 bits per heavy atom. The molecule has 0 atom stereocenters. The molecule has 0 unspecified atom stereocenters. The summed E-state index contributed by atoms with van der Waals surface area (Å²) in [5.74, 6) is 0.716. The summed E-state index contributed by atoms with van der Waals surface area (Å²) in [5, 5.41) is 0. The number of hydrogen-bond donors (Lipinski definition) is 0. The lowest BCUT2D eigenvalue weighted by Crippen LogP contribution is -2.24. The molecular weight excluding hydrogens is 392 g/mol. The van der Waals surface area contributed by atoms with Crippen LogP contribution in [0.4, 0.5) is 0 Å². The van der Waals surface area contributed by atoms with Gasteiger partial charge in [0.2, 0.25) is 41.4 Å². The number of hydrogen-bond acceptors (Lipinski definition) is 8. The van der Waals surface area contributed by atoms with Gasteiger partial charge in [0, 0.05) is 16.7 Å². The molecule has 1 aliphatic heterocycles. The van der Waals surface area contributed by atoms with E-state index in [1.54, 1.807) is 18.2 Å². The van der Waals surface area contributed by atoms with Gasteiger partial charge in [-0.15, -0.1) is 0 Å². The van der Waals surface area contributed by atoms with E-state index in [-0.39, 0.29) is 29.4 Å². The Labute approximate surface area is 172 Å². The standard InChI is InChI=1S/C22H20O8/c1-10-6-12-13(17(24)21(28-5)20(27-4)16(12)23)7-11(10)14-8-15(25-2)19-22(18(14)26-3)30-9-29-19/h6-8H,9H2,1-5H3. The quantitative estimate of drug-likeness (QED) is 0.739. The van der Waals surface area contributed by atoms with E-state index in [0.29, 0.717) is 34.1 Å². The second-order valence-corrected chi connectivity index (χ2v) is 6.66. The lowest BCUT2D eigenvalue weighted by Gasteiger charge is -2.21. The third kappa shape index (κ3) is 2.67. The highest BCUT2D eigenvalue weighted by atomic mass is 16.7.